The van der Waals surface area contributed by atoms with Crippen molar-refractivity contribution in [3.8, 4) is 0 Å². The normalized spacial score (nSPS) is 15.4. The second-order valence-electron chi connectivity index (χ2n) is 5.19. The fourth-order valence-corrected chi connectivity index (χ4v) is 2.68. The number of hydrogen-bond acceptors (Lipinski definition) is 3. The van der Waals surface area contributed by atoms with Gasteiger partial charge in [0.25, 0.3) is 0 Å². The molecule has 1 aliphatic heterocycles. The number of carbonyl (C=O) groups excluding carboxylic acids is 2. The fourth-order valence-electron chi connectivity index (χ4n) is 2.48. The predicted octanol–water partition coefficient (Wildman–Crippen LogP) is 2.57. The van der Waals surface area contributed by atoms with E-state index >= 15 is 0 Å². The summed E-state index contributed by atoms with van der Waals surface area (Å²) < 4.78 is 5.01. The molecule has 0 radical (unpaired) electrons. The fraction of sp³-hybridized carbons (Fsp3) is 0.500. The molecule has 0 atom stereocenters. The predicted molar refractivity (Wildman–Crippen MR) is 84.9 cm³/mol. The van der Waals surface area contributed by atoms with Crippen molar-refractivity contribution in [3.63, 3.8) is 0 Å². The van der Waals surface area contributed by atoms with E-state index in [0.29, 0.717) is 44.2 Å². The molecule has 2 amide bonds. The smallest absolute Gasteiger partial charge is 0.409 e. The van der Waals surface area contributed by atoms with Crippen LogP contribution in [0.4, 0.5) is 4.79 Å². The first kappa shape index (κ1) is 16.6. The number of rotatable bonds is 3. The summed E-state index contributed by atoms with van der Waals surface area (Å²) in [5, 5.41) is 0.610. The first-order chi connectivity index (χ1) is 10.6. The summed E-state index contributed by atoms with van der Waals surface area (Å²) in [6, 6.07) is 7.37. The van der Waals surface area contributed by atoms with E-state index in [4.69, 9.17) is 16.3 Å². The van der Waals surface area contributed by atoms with Gasteiger partial charge in [-0.25, -0.2) is 4.79 Å². The van der Waals surface area contributed by atoms with E-state index in [1.807, 2.05) is 18.2 Å². The minimum Gasteiger partial charge on any atom is -0.450 e. The molecule has 1 fully saturated rings. The summed E-state index contributed by atoms with van der Waals surface area (Å²) in [6.07, 6.45) is 0.745. The van der Waals surface area contributed by atoms with Gasteiger partial charge in [-0.05, 0) is 25.0 Å². The SMILES string of the molecule is CCOC(=O)N1CCCN(C(=O)Cc2ccccc2Cl)CC1. The number of hydrogen-bond donors (Lipinski definition) is 0. The molecule has 1 aromatic carbocycles. The van der Waals surface area contributed by atoms with Crippen molar-refractivity contribution in [1.82, 2.24) is 9.80 Å². The van der Waals surface area contributed by atoms with Crippen LogP contribution in [0.15, 0.2) is 24.3 Å². The molecule has 0 aromatic heterocycles. The van der Waals surface area contributed by atoms with Gasteiger partial charge in [0.1, 0.15) is 0 Å². The van der Waals surface area contributed by atoms with E-state index in [0.717, 1.165) is 12.0 Å². The second-order valence-corrected chi connectivity index (χ2v) is 5.60. The Bertz CT molecular complexity index is 536. The lowest BCUT2D eigenvalue weighted by Gasteiger charge is -2.22. The van der Waals surface area contributed by atoms with Crippen LogP contribution >= 0.6 is 11.6 Å². The molecule has 0 saturated carbocycles. The Morgan fingerprint density at radius 1 is 1.14 bits per heavy atom. The highest BCUT2D eigenvalue weighted by atomic mass is 35.5. The molecule has 0 N–H and O–H groups in total. The summed E-state index contributed by atoms with van der Waals surface area (Å²) in [5.74, 6) is 0.0406. The van der Waals surface area contributed by atoms with Crippen LogP contribution in [-0.4, -0.2) is 54.6 Å². The van der Waals surface area contributed by atoms with Gasteiger partial charge in [0, 0.05) is 31.2 Å². The monoisotopic (exact) mass is 324 g/mol. The van der Waals surface area contributed by atoms with E-state index in [1.54, 1.807) is 22.8 Å². The van der Waals surface area contributed by atoms with Crippen molar-refractivity contribution in [3.05, 3.63) is 34.9 Å². The first-order valence-corrected chi connectivity index (χ1v) is 7.92. The maximum Gasteiger partial charge on any atom is 0.409 e. The molecule has 1 heterocycles. The number of amides is 2. The van der Waals surface area contributed by atoms with Crippen LogP contribution in [0.2, 0.25) is 5.02 Å². The van der Waals surface area contributed by atoms with Gasteiger partial charge in [0.15, 0.2) is 0 Å². The molecule has 1 saturated heterocycles. The first-order valence-electron chi connectivity index (χ1n) is 7.54. The largest absolute Gasteiger partial charge is 0.450 e. The van der Waals surface area contributed by atoms with Crippen molar-refractivity contribution in [1.29, 1.82) is 0 Å². The summed E-state index contributed by atoms with van der Waals surface area (Å²) >= 11 is 6.10. The lowest BCUT2D eigenvalue weighted by Crippen LogP contribution is -2.38. The van der Waals surface area contributed by atoms with Gasteiger partial charge in [-0.2, -0.15) is 0 Å². The Morgan fingerprint density at radius 3 is 2.55 bits per heavy atom. The lowest BCUT2D eigenvalue weighted by atomic mass is 10.1. The number of benzene rings is 1. The molecule has 2 rings (SSSR count). The van der Waals surface area contributed by atoms with Crippen LogP contribution in [-0.2, 0) is 16.0 Å². The van der Waals surface area contributed by atoms with Crippen molar-refractivity contribution in [2.24, 2.45) is 0 Å². The van der Waals surface area contributed by atoms with Crippen LogP contribution in [0.1, 0.15) is 18.9 Å². The topological polar surface area (TPSA) is 49.9 Å². The van der Waals surface area contributed by atoms with Gasteiger partial charge in [0.05, 0.1) is 13.0 Å². The van der Waals surface area contributed by atoms with E-state index in [9.17, 15) is 9.59 Å². The standard InChI is InChI=1S/C16H21ClN2O3/c1-2-22-16(21)19-9-5-8-18(10-11-19)15(20)12-13-6-3-4-7-14(13)17/h3-4,6-7H,2,5,8-12H2,1H3. The van der Waals surface area contributed by atoms with Crippen LogP contribution < -0.4 is 0 Å². The highest BCUT2D eigenvalue weighted by molar-refractivity contribution is 6.31. The maximum atomic E-state index is 12.4. The molecular weight excluding hydrogens is 304 g/mol. The summed E-state index contributed by atoms with van der Waals surface area (Å²) in [5.41, 5.74) is 0.834. The van der Waals surface area contributed by atoms with Gasteiger partial charge in [-0.3, -0.25) is 4.79 Å². The third-order valence-electron chi connectivity index (χ3n) is 3.67. The number of nitrogens with zero attached hydrogens (tertiary/aromatic N) is 2. The van der Waals surface area contributed by atoms with E-state index in [1.165, 1.54) is 0 Å². The summed E-state index contributed by atoms with van der Waals surface area (Å²) in [7, 11) is 0. The molecule has 1 aliphatic rings. The number of halogens is 1. The Labute approximate surface area is 135 Å². The average molecular weight is 325 g/mol. The molecule has 0 spiro atoms. The van der Waals surface area contributed by atoms with Gasteiger partial charge in [-0.1, -0.05) is 29.8 Å². The average Bonchev–Trinajstić information content (AvgIpc) is 2.76. The molecule has 0 aliphatic carbocycles. The minimum atomic E-state index is -0.303. The summed E-state index contributed by atoms with van der Waals surface area (Å²) in [4.78, 5) is 27.6. The molecule has 0 unspecified atom stereocenters. The van der Waals surface area contributed by atoms with Crippen molar-refractivity contribution < 1.29 is 14.3 Å². The van der Waals surface area contributed by atoms with Crippen LogP contribution in [0.5, 0.6) is 0 Å². The zero-order valence-corrected chi connectivity index (χ0v) is 13.5. The van der Waals surface area contributed by atoms with E-state index in [-0.39, 0.29) is 12.0 Å². The molecule has 1 aromatic rings. The maximum absolute atomic E-state index is 12.4. The molecule has 6 heteroatoms. The highest BCUT2D eigenvalue weighted by Gasteiger charge is 2.22. The van der Waals surface area contributed by atoms with Gasteiger partial charge >= 0.3 is 6.09 Å². The minimum absolute atomic E-state index is 0.0406. The number of ether oxygens (including phenoxy) is 1. The number of carbonyl (C=O) groups is 2. The van der Waals surface area contributed by atoms with Gasteiger partial charge in [0.2, 0.25) is 5.91 Å². The Balaban J connectivity index is 1.92. The van der Waals surface area contributed by atoms with E-state index in [2.05, 4.69) is 0 Å². The van der Waals surface area contributed by atoms with Gasteiger partial charge in [-0.15, -0.1) is 0 Å². The highest BCUT2D eigenvalue weighted by Crippen LogP contribution is 2.17. The molecule has 22 heavy (non-hydrogen) atoms. The molecule has 0 bridgehead atoms. The Kier molecular flexibility index (Phi) is 6.07. The van der Waals surface area contributed by atoms with Crippen LogP contribution in [0.3, 0.4) is 0 Å². The third kappa shape index (κ3) is 4.37. The zero-order valence-electron chi connectivity index (χ0n) is 12.8. The third-order valence-corrected chi connectivity index (χ3v) is 4.04. The van der Waals surface area contributed by atoms with Crippen molar-refractivity contribution >= 4 is 23.6 Å². The molecule has 5 nitrogen and oxygen atoms in total. The van der Waals surface area contributed by atoms with Crippen molar-refractivity contribution in [2.45, 2.75) is 19.8 Å². The summed E-state index contributed by atoms with van der Waals surface area (Å²) in [6.45, 7) is 4.46. The quantitative estimate of drug-likeness (QED) is 0.858. The van der Waals surface area contributed by atoms with Crippen LogP contribution in [0.25, 0.3) is 0 Å². The lowest BCUT2D eigenvalue weighted by molar-refractivity contribution is -0.130. The Morgan fingerprint density at radius 2 is 1.82 bits per heavy atom. The van der Waals surface area contributed by atoms with Gasteiger partial charge < -0.3 is 14.5 Å². The Hall–Kier alpha value is -1.75. The second kappa shape index (κ2) is 8.03. The molecular formula is C16H21ClN2O3. The molecule has 120 valence electrons. The van der Waals surface area contributed by atoms with Crippen LogP contribution in [0, 0.1) is 0 Å². The van der Waals surface area contributed by atoms with E-state index < -0.39 is 0 Å². The van der Waals surface area contributed by atoms with Crippen molar-refractivity contribution in [2.75, 3.05) is 32.8 Å². The zero-order chi connectivity index (χ0) is 15.9.